The molecule has 1 fully saturated rings. The predicted octanol–water partition coefficient (Wildman–Crippen LogP) is 3.82. The van der Waals surface area contributed by atoms with Gasteiger partial charge in [-0.3, -0.25) is 4.98 Å². The molecule has 1 aliphatic heterocycles. The number of piperidine rings is 1. The SMILES string of the molecule is c1ccc(COC2CCN(c3cnc4ccccc4n3)CC2)cc1. The number of fused-ring (bicyclic) bond motifs is 1. The van der Waals surface area contributed by atoms with E-state index in [2.05, 4.69) is 34.1 Å². The number of hydrogen-bond acceptors (Lipinski definition) is 4. The Morgan fingerprint density at radius 2 is 1.62 bits per heavy atom. The van der Waals surface area contributed by atoms with Crippen molar-refractivity contribution in [1.29, 1.82) is 0 Å². The molecule has 0 bridgehead atoms. The number of nitrogens with zero attached hydrogens (tertiary/aromatic N) is 3. The van der Waals surface area contributed by atoms with Crippen molar-refractivity contribution in [1.82, 2.24) is 9.97 Å². The molecule has 4 heteroatoms. The number of benzene rings is 2. The van der Waals surface area contributed by atoms with E-state index in [1.54, 1.807) is 0 Å². The van der Waals surface area contributed by atoms with Crippen molar-refractivity contribution in [2.24, 2.45) is 0 Å². The van der Waals surface area contributed by atoms with Gasteiger partial charge in [0.15, 0.2) is 0 Å². The fraction of sp³-hybridized carbons (Fsp3) is 0.300. The third-order valence-electron chi connectivity index (χ3n) is 4.53. The summed E-state index contributed by atoms with van der Waals surface area (Å²) < 4.78 is 6.06. The van der Waals surface area contributed by atoms with Crippen LogP contribution in [0.2, 0.25) is 0 Å². The zero-order chi connectivity index (χ0) is 16.2. The van der Waals surface area contributed by atoms with Gasteiger partial charge in [0.1, 0.15) is 5.82 Å². The van der Waals surface area contributed by atoms with Crippen LogP contribution >= 0.6 is 0 Å². The van der Waals surface area contributed by atoms with E-state index in [4.69, 9.17) is 9.72 Å². The monoisotopic (exact) mass is 319 g/mol. The standard InChI is InChI=1S/C20H21N3O/c1-2-6-16(7-3-1)15-24-17-10-12-23(13-11-17)20-14-21-18-8-4-5-9-19(18)22-20/h1-9,14,17H,10-13,15H2. The molecule has 3 aromatic rings. The van der Waals surface area contributed by atoms with Gasteiger partial charge >= 0.3 is 0 Å². The van der Waals surface area contributed by atoms with E-state index in [0.717, 1.165) is 42.8 Å². The molecule has 1 aliphatic rings. The summed E-state index contributed by atoms with van der Waals surface area (Å²) in [5, 5.41) is 0. The van der Waals surface area contributed by atoms with Crippen LogP contribution in [0.15, 0.2) is 60.8 Å². The van der Waals surface area contributed by atoms with Crippen molar-refractivity contribution in [2.75, 3.05) is 18.0 Å². The zero-order valence-corrected chi connectivity index (χ0v) is 13.6. The first kappa shape index (κ1) is 15.1. The maximum Gasteiger partial charge on any atom is 0.147 e. The van der Waals surface area contributed by atoms with E-state index in [1.807, 2.05) is 36.5 Å². The molecule has 0 radical (unpaired) electrons. The summed E-state index contributed by atoms with van der Waals surface area (Å²) in [7, 11) is 0. The van der Waals surface area contributed by atoms with Crippen LogP contribution in [-0.2, 0) is 11.3 Å². The first-order valence-electron chi connectivity index (χ1n) is 8.51. The molecule has 0 aliphatic carbocycles. The first-order valence-corrected chi connectivity index (χ1v) is 8.51. The maximum atomic E-state index is 6.06. The number of aromatic nitrogens is 2. The summed E-state index contributed by atoms with van der Waals surface area (Å²) in [5.74, 6) is 0.968. The van der Waals surface area contributed by atoms with Gasteiger partial charge in [-0.1, -0.05) is 42.5 Å². The fourth-order valence-corrected chi connectivity index (χ4v) is 3.14. The van der Waals surface area contributed by atoms with Gasteiger partial charge in [-0.25, -0.2) is 4.98 Å². The van der Waals surface area contributed by atoms with Gasteiger partial charge in [0.05, 0.1) is 29.9 Å². The Kier molecular flexibility index (Phi) is 4.38. The Hall–Kier alpha value is -2.46. The Morgan fingerprint density at radius 3 is 2.42 bits per heavy atom. The van der Waals surface area contributed by atoms with Crippen LogP contribution in [0.25, 0.3) is 11.0 Å². The van der Waals surface area contributed by atoms with Crippen molar-refractivity contribution in [3.05, 3.63) is 66.4 Å². The number of hydrogen-bond donors (Lipinski definition) is 0. The normalized spacial score (nSPS) is 15.8. The van der Waals surface area contributed by atoms with Crippen LogP contribution in [0, 0.1) is 0 Å². The molecule has 0 saturated carbocycles. The molecule has 2 heterocycles. The zero-order valence-electron chi connectivity index (χ0n) is 13.6. The molecule has 0 N–H and O–H groups in total. The molecule has 4 rings (SSSR count). The summed E-state index contributed by atoms with van der Waals surface area (Å²) >= 11 is 0. The molecule has 24 heavy (non-hydrogen) atoms. The average Bonchev–Trinajstić information content (AvgIpc) is 2.67. The van der Waals surface area contributed by atoms with E-state index < -0.39 is 0 Å². The molecule has 122 valence electrons. The van der Waals surface area contributed by atoms with Gasteiger partial charge in [0, 0.05) is 13.1 Å². The largest absolute Gasteiger partial charge is 0.373 e. The van der Waals surface area contributed by atoms with Gasteiger partial charge < -0.3 is 9.64 Å². The number of para-hydroxylation sites is 2. The second kappa shape index (κ2) is 6.97. The molecule has 2 aromatic carbocycles. The van der Waals surface area contributed by atoms with Gasteiger partial charge in [-0.15, -0.1) is 0 Å². The number of rotatable bonds is 4. The molecule has 4 nitrogen and oxygen atoms in total. The number of ether oxygens (including phenoxy) is 1. The second-order valence-electron chi connectivity index (χ2n) is 6.20. The van der Waals surface area contributed by atoms with Crippen molar-refractivity contribution in [3.63, 3.8) is 0 Å². The van der Waals surface area contributed by atoms with Crippen LogP contribution in [0.4, 0.5) is 5.82 Å². The van der Waals surface area contributed by atoms with E-state index in [0.29, 0.717) is 12.7 Å². The lowest BCUT2D eigenvalue weighted by Gasteiger charge is -2.32. The van der Waals surface area contributed by atoms with E-state index >= 15 is 0 Å². The van der Waals surface area contributed by atoms with E-state index in [-0.39, 0.29) is 0 Å². The minimum atomic E-state index is 0.329. The fourth-order valence-electron chi connectivity index (χ4n) is 3.14. The maximum absolute atomic E-state index is 6.06. The first-order chi connectivity index (χ1) is 11.9. The molecule has 0 unspecified atom stereocenters. The Labute approximate surface area is 142 Å². The van der Waals surface area contributed by atoms with Crippen molar-refractivity contribution in [2.45, 2.75) is 25.6 Å². The van der Waals surface area contributed by atoms with Gasteiger partial charge in [0.2, 0.25) is 0 Å². The van der Waals surface area contributed by atoms with E-state index in [9.17, 15) is 0 Å². The van der Waals surface area contributed by atoms with Gasteiger partial charge in [0.25, 0.3) is 0 Å². The van der Waals surface area contributed by atoms with Crippen molar-refractivity contribution in [3.8, 4) is 0 Å². The third kappa shape index (κ3) is 3.39. The minimum Gasteiger partial charge on any atom is -0.373 e. The van der Waals surface area contributed by atoms with Crippen LogP contribution in [0.1, 0.15) is 18.4 Å². The average molecular weight is 319 g/mol. The summed E-state index contributed by atoms with van der Waals surface area (Å²) in [4.78, 5) is 11.6. The summed E-state index contributed by atoms with van der Waals surface area (Å²) in [6.45, 7) is 2.63. The summed E-state index contributed by atoms with van der Waals surface area (Å²) in [6.07, 6.45) is 4.27. The van der Waals surface area contributed by atoms with Crippen LogP contribution in [-0.4, -0.2) is 29.2 Å². The van der Waals surface area contributed by atoms with Crippen LogP contribution < -0.4 is 4.90 Å². The lowest BCUT2D eigenvalue weighted by molar-refractivity contribution is 0.0250. The quantitative estimate of drug-likeness (QED) is 0.733. The Bertz CT molecular complexity index is 798. The third-order valence-corrected chi connectivity index (χ3v) is 4.53. The lowest BCUT2D eigenvalue weighted by atomic mass is 10.1. The number of anilines is 1. The highest BCUT2D eigenvalue weighted by molar-refractivity contribution is 5.75. The lowest BCUT2D eigenvalue weighted by Crippen LogP contribution is -2.37. The smallest absolute Gasteiger partial charge is 0.147 e. The van der Waals surface area contributed by atoms with Gasteiger partial charge in [-0.05, 0) is 30.5 Å². The Balaban J connectivity index is 1.35. The molecule has 0 atom stereocenters. The highest BCUT2D eigenvalue weighted by atomic mass is 16.5. The topological polar surface area (TPSA) is 38.2 Å². The van der Waals surface area contributed by atoms with E-state index in [1.165, 1.54) is 5.56 Å². The van der Waals surface area contributed by atoms with Crippen molar-refractivity contribution >= 4 is 16.9 Å². The molecule has 1 saturated heterocycles. The highest BCUT2D eigenvalue weighted by Crippen LogP contribution is 2.21. The second-order valence-corrected chi connectivity index (χ2v) is 6.20. The molecule has 1 aromatic heterocycles. The van der Waals surface area contributed by atoms with Crippen molar-refractivity contribution < 1.29 is 4.74 Å². The van der Waals surface area contributed by atoms with Gasteiger partial charge in [-0.2, -0.15) is 0 Å². The predicted molar refractivity (Wildman–Crippen MR) is 96.0 cm³/mol. The van der Waals surface area contributed by atoms with Crippen LogP contribution in [0.5, 0.6) is 0 Å². The highest BCUT2D eigenvalue weighted by Gasteiger charge is 2.21. The molecule has 0 spiro atoms. The van der Waals surface area contributed by atoms with Crippen LogP contribution in [0.3, 0.4) is 0 Å². The summed E-state index contributed by atoms with van der Waals surface area (Å²) in [5.41, 5.74) is 3.14. The minimum absolute atomic E-state index is 0.329. The molecular weight excluding hydrogens is 298 g/mol. The summed E-state index contributed by atoms with van der Waals surface area (Å²) in [6, 6.07) is 18.4. The molecule has 0 amide bonds. The Morgan fingerprint density at radius 1 is 0.917 bits per heavy atom. The molecular formula is C20H21N3O.